The van der Waals surface area contributed by atoms with Gasteiger partial charge >= 0.3 is 0 Å². The van der Waals surface area contributed by atoms with Crippen LogP contribution in [0.3, 0.4) is 0 Å². The number of halogens is 2. The Labute approximate surface area is 284 Å². The van der Waals surface area contributed by atoms with Crippen molar-refractivity contribution in [3.63, 3.8) is 0 Å². The zero-order valence-corrected chi connectivity index (χ0v) is 28.8. The summed E-state index contributed by atoms with van der Waals surface area (Å²) in [6.07, 6.45) is 4.13. The largest absolute Gasteiger partial charge is 0.352 e. The van der Waals surface area contributed by atoms with Crippen molar-refractivity contribution in [2.75, 3.05) is 10.8 Å². The first-order valence-corrected chi connectivity index (χ1v) is 18.0. The van der Waals surface area contributed by atoms with Gasteiger partial charge in [0.05, 0.1) is 10.6 Å². The smallest absolute Gasteiger partial charge is 0.264 e. The second kappa shape index (κ2) is 15.3. The molecule has 4 aromatic carbocycles. The quantitative estimate of drug-likeness (QED) is 0.166. The lowest BCUT2D eigenvalue weighted by atomic mass is 10.0. The molecule has 0 radical (unpaired) electrons. The van der Waals surface area contributed by atoms with E-state index in [1.807, 2.05) is 54.6 Å². The molecule has 240 valence electrons. The standard InChI is InChI=1S/C36H37BrClN3O4S/c1-26-32(38)17-10-18-33(26)41(46(44,45)31-15-6-3-7-16-31)25-35(42)40(24-28-19-21-29(37)22-20-28)34(23-27-11-4-2-5-12-27)36(43)39-30-13-8-9-14-30/h2-7,10-12,15-22,30,34H,8-9,13-14,23-25H2,1H3,(H,39,43). The van der Waals surface area contributed by atoms with Gasteiger partial charge in [-0.3, -0.25) is 13.9 Å². The second-order valence-electron chi connectivity index (χ2n) is 11.6. The zero-order chi connectivity index (χ0) is 32.7. The van der Waals surface area contributed by atoms with Gasteiger partial charge in [-0.2, -0.15) is 0 Å². The third-order valence-corrected chi connectivity index (χ3v) is 11.1. The summed E-state index contributed by atoms with van der Waals surface area (Å²) in [6, 6.07) is 29.2. The molecule has 1 atom stereocenters. The maximum absolute atomic E-state index is 14.6. The van der Waals surface area contributed by atoms with Crippen LogP contribution in [0.1, 0.15) is 42.4 Å². The predicted molar refractivity (Wildman–Crippen MR) is 186 cm³/mol. The number of carbonyl (C=O) groups excluding carboxylic acids is 2. The maximum atomic E-state index is 14.6. The Morgan fingerprint density at radius 3 is 2.15 bits per heavy atom. The molecule has 0 aromatic heterocycles. The van der Waals surface area contributed by atoms with E-state index >= 15 is 0 Å². The molecule has 46 heavy (non-hydrogen) atoms. The highest BCUT2D eigenvalue weighted by Gasteiger charge is 2.36. The van der Waals surface area contributed by atoms with Crippen LogP contribution in [0.25, 0.3) is 0 Å². The maximum Gasteiger partial charge on any atom is 0.264 e. The predicted octanol–water partition coefficient (Wildman–Crippen LogP) is 7.31. The normalized spacial score (nSPS) is 14.1. The van der Waals surface area contributed by atoms with Crippen LogP contribution in [0, 0.1) is 6.92 Å². The lowest BCUT2D eigenvalue weighted by molar-refractivity contribution is -0.140. The van der Waals surface area contributed by atoms with E-state index in [0.29, 0.717) is 16.3 Å². The number of rotatable bonds is 12. The Morgan fingerprint density at radius 1 is 0.870 bits per heavy atom. The Hall–Kier alpha value is -3.66. The Bertz CT molecular complexity index is 1750. The summed E-state index contributed by atoms with van der Waals surface area (Å²) < 4.78 is 30.4. The lowest BCUT2D eigenvalue weighted by Gasteiger charge is -2.34. The average Bonchev–Trinajstić information content (AvgIpc) is 3.57. The SMILES string of the molecule is Cc1c(Cl)cccc1N(CC(=O)N(Cc1ccc(Br)cc1)C(Cc1ccccc1)C(=O)NC1CCCC1)S(=O)(=O)c1ccccc1. The first-order chi connectivity index (χ1) is 22.1. The molecular formula is C36H37BrClN3O4S. The summed E-state index contributed by atoms with van der Waals surface area (Å²) in [4.78, 5) is 30.3. The summed E-state index contributed by atoms with van der Waals surface area (Å²) in [7, 11) is -4.20. The van der Waals surface area contributed by atoms with Gasteiger partial charge in [0.15, 0.2) is 0 Å². The first-order valence-electron chi connectivity index (χ1n) is 15.3. The molecule has 2 amide bonds. The van der Waals surface area contributed by atoms with Gasteiger partial charge in [0.25, 0.3) is 10.0 Å². The molecule has 0 saturated heterocycles. The average molecular weight is 723 g/mol. The van der Waals surface area contributed by atoms with Crippen LogP contribution in [-0.4, -0.2) is 43.8 Å². The van der Waals surface area contributed by atoms with E-state index in [-0.39, 0.29) is 29.8 Å². The third kappa shape index (κ3) is 8.18. The monoisotopic (exact) mass is 721 g/mol. The fourth-order valence-electron chi connectivity index (χ4n) is 5.81. The number of hydrogen-bond acceptors (Lipinski definition) is 4. The number of amides is 2. The molecular weight excluding hydrogens is 686 g/mol. The molecule has 1 aliphatic carbocycles. The van der Waals surface area contributed by atoms with E-state index in [1.54, 1.807) is 43.3 Å². The van der Waals surface area contributed by atoms with Crippen molar-refractivity contribution in [3.8, 4) is 0 Å². The fraction of sp³-hybridized carbons (Fsp3) is 0.278. The molecule has 4 aromatic rings. The van der Waals surface area contributed by atoms with E-state index in [2.05, 4.69) is 21.2 Å². The Balaban J connectivity index is 1.58. The van der Waals surface area contributed by atoms with Crippen LogP contribution < -0.4 is 9.62 Å². The molecule has 1 N–H and O–H groups in total. The molecule has 1 unspecified atom stereocenters. The number of carbonyl (C=O) groups is 2. The van der Waals surface area contributed by atoms with E-state index < -0.39 is 28.5 Å². The summed E-state index contributed by atoms with van der Waals surface area (Å²) in [5.74, 6) is -0.762. The molecule has 10 heteroatoms. The molecule has 0 heterocycles. The van der Waals surface area contributed by atoms with Crippen molar-refractivity contribution in [1.29, 1.82) is 0 Å². The number of nitrogens with one attached hydrogen (secondary N) is 1. The van der Waals surface area contributed by atoms with Gasteiger partial charge in [-0.1, -0.05) is 107 Å². The minimum absolute atomic E-state index is 0.0412. The van der Waals surface area contributed by atoms with Gasteiger partial charge in [0.2, 0.25) is 11.8 Å². The van der Waals surface area contributed by atoms with Gasteiger partial charge in [-0.15, -0.1) is 0 Å². The van der Waals surface area contributed by atoms with Crippen LogP contribution in [0.2, 0.25) is 5.02 Å². The molecule has 1 aliphatic rings. The van der Waals surface area contributed by atoms with Gasteiger partial charge in [-0.25, -0.2) is 8.42 Å². The zero-order valence-electron chi connectivity index (χ0n) is 25.6. The molecule has 5 rings (SSSR count). The Kier molecular flexibility index (Phi) is 11.2. The number of benzene rings is 4. The van der Waals surface area contributed by atoms with Gasteiger partial charge in [0.1, 0.15) is 12.6 Å². The second-order valence-corrected chi connectivity index (χ2v) is 14.7. The van der Waals surface area contributed by atoms with Crippen molar-refractivity contribution in [1.82, 2.24) is 10.2 Å². The van der Waals surface area contributed by atoms with Crippen LogP contribution >= 0.6 is 27.5 Å². The van der Waals surface area contributed by atoms with E-state index in [9.17, 15) is 18.0 Å². The minimum Gasteiger partial charge on any atom is -0.352 e. The summed E-state index contributed by atoms with van der Waals surface area (Å²) in [6.45, 7) is 1.30. The summed E-state index contributed by atoms with van der Waals surface area (Å²) in [5, 5.41) is 3.58. The van der Waals surface area contributed by atoms with Crippen LogP contribution in [0.5, 0.6) is 0 Å². The highest BCUT2D eigenvalue weighted by molar-refractivity contribution is 9.10. The van der Waals surface area contributed by atoms with Gasteiger partial charge in [0, 0.05) is 28.5 Å². The van der Waals surface area contributed by atoms with Crippen molar-refractivity contribution < 1.29 is 18.0 Å². The molecule has 0 bridgehead atoms. The lowest BCUT2D eigenvalue weighted by Crippen LogP contribution is -2.54. The van der Waals surface area contributed by atoms with E-state index in [0.717, 1.165) is 45.6 Å². The molecule has 7 nitrogen and oxygen atoms in total. The number of sulfonamides is 1. The summed E-state index contributed by atoms with van der Waals surface area (Å²) >= 11 is 9.94. The van der Waals surface area contributed by atoms with Crippen LogP contribution in [0.4, 0.5) is 5.69 Å². The van der Waals surface area contributed by atoms with Crippen molar-refractivity contribution in [2.45, 2.75) is 62.6 Å². The van der Waals surface area contributed by atoms with Gasteiger partial charge in [-0.05, 0) is 72.9 Å². The van der Waals surface area contributed by atoms with Crippen LogP contribution in [0.15, 0.2) is 112 Å². The van der Waals surface area contributed by atoms with Gasteiger partial charge < -0.3 is 10.2 Å². The first kappa shape index (κ1) is 33.7. The van der Waals surface area contributed by atoms with Crippen molar-refractivity contribution >= 4 is 55.1 Å². The van der Waals surface area contributed by atoms with Crippen molar-refractivity contribution in [3.05, 3.63) is 129 Å². The molecule has 1 fully saturated rings. The fourth-order valence-corrected chi connectivity index (χ4v) is 7.73. The molecule has 0 spiro atoms. The summed E-state index contributed by atoms with van der Waals surface area (Å²) in [5.41, 5.74) is 2.51. The van der Waals surface area contributed by atoms with E-state index in [1.165, 1.54) is 17.0 Å². The highest BCUT2D eigenvalue weighted by atomic mass is 79.9. The Morgan fingerprint density at radius 2 is 1.50 bits per heavy atom. The van der Waals surface area contributed by atoms with Crippen molar-refractivity contribution in [2.24, 2.45) is 0 Å². The number of nitrogens with zero attached hydrogens (tertiary/aromatic N) is 2. The highest BCUT2D eigenvalue weighted by Crippen LogP contribution is 2.31. The number of hydrogen-bond donors (Lipinski definition) is 1. The topological polar surface area (TPSA) is 86.8 Å². The molecule has 1 saturated carbocycles. The number of anilines is 1. The molecule has 0 aliphatic heterocycles. The van der Waals surface area contributed by atoms with Crippen LogP contribution in [-0.2, 0) is 32.6 Å². The minimum atomic E-state index is -4.20. The third-order valence-electron chi connectivity index (χ3n) is 8.36. The van der Waals surface area contributed by atoms with E-state index in [4.69, 9.17) is 11.6 Å².